The summed E-state index contributed by atoms with van der Waals surface area (Å²) in [5.74, 6) is 0.780. The molecule has 1 atom stereocenters. The largest absolute Gasteiger partial charge is 0.482 e. The Morgan fingerprint density at radius 1 is 1.43 bits per heavy atom. The number of hydrogen-bond acceptors (Lipinski definition) is 3. The van der Waals surface area contributed by atoms with E-state index in [1.54, 1.807) is 18.2 Å². The van der Waals surface area contributed by atoms with Crippen LogP contribution in [0.2, 0.25) is 10.0 Å². The molecule has 1 aromatic rings. The predicted molar refractivity (Wildman–Crippen MR) is 87.8 cm³/mol. The lowest BCUT2D eigenvalue weighted by Gasteiger charge is -2.22. The first-order valence-electron chi connectivity index (χ1n) is 6.70. The number of ether oxygens (including phenoxy) is 1. The van der Waals surface area contributed by atoms with Gasteiger partial charge in [-0.3, -0.25) is 4.79 Å². The van der Waals surface area contributed by atoms with Crippen LogP contribution >= 0.6 is 35.6 Å². The molecule has 4 nitrogen and oxygen atoms in total. The van der Waals surface area contributed by atoms with E-state index in [1.165, 1.54) is 0 Å². The topological polar surface area (TPSA) is 50.4 Å². The second-order valence-electron chi connectivity index (χ2n) is 4.88. The Morgan fingerprint density at radius 3 is 2.95 bits per heavy atom. The summed E-state index contributed by atoms with van der Waals surface area (Å²) >= 11 is 11.8. The molecule has 1 aromatic carbocycles. The molecule has 1 saturated heterocycles. The van der Waals surface area contributed by atoms with E-state index in [0.29, 0.717) is 28.3 Å². The van der Waals surface area contributed by atoms with Gasteiger partial charge in [-0.05, 0) is 44.0 Å². The zero-order valence-electron chi connectivity index (χ0n) is 11.5. The fourth-order valence-electron chi connectivity index (χ4n) is 2.14. The molecule has 1 aliphatic rings. The van der Waals surface area contributed by atoms with E-state index < -0.39 is 0 Å². The average Bonchev–Trinajstić information content (AvgIpc) is 2.47. The van der Waals surface area contributed by atoms with Gasteiger partial charge in [0, 0.05) is 17.6 Å². The zero-order valence-corrected chi connectivity index (χ0v) is 13.9. The van der Waals surface area contributed by atoms with Crippen LogP contribution in [0.25, 0.3) is 0 Å². The Labute approximate surface area is 140 Å². The van der Waals surface area contributed by atoms with Gasteiger partial charge in [0.15, 0.2) is 6.61 Å². The zero-order chi connectivity index (χ0) is 14.4. The van der Waals surface area contributed by atoms with Gasteiger partial charge >= 0.3 is 0 Å². The van der Waals surface area contributed by atoms with Crippen molar-refractivity contribution in [2.75, 3.05) is 26.2 Å². The molecule has 118 valence electrons. The number of carbonyl (C=O) groups excluding carboxylic acids is 1. The maximum Gasteiger partial charge on any atom is 0.257 e. The summed E-state index contributed by atoms with van der Waals surface area (Å²) in [5, 5.41) is 7.16. The van der Waals surface area contributed by atoms with Gasteiger partial charge in [-0.25, -0.2) is 0 Å². The lowest BCUT2D eigenvalue weighted by molar-refractivity contribution is -0.123. The van der Waals surface area contributed by atoms with Crippen LogP contribution in [0.3, 0.4) is 0 Å². The van der Waals surface area contributed by atoms with E-state index in [4.69, 9.17) is 27.9 Å². The molecule has 7 heteroatoms. The minimum Gasteiger partial charge on any atom is -0.482 e. The first kappa shape index (κ1) is 18.4. The quantitative estimate of drug-likeness (QED) is 0.856. The summed E-state index contributed by atoms with van der Waals surface area (Å²) in [6.45, 7) is 2.65. The predicted octanol–water partition coefficient (Wildman–Crippen LogP) is 2.91. The van der Waals surface area contributed by atoms with Crippen molar-refractivity contribution in [1.29, 1.82) is 0 Å². The summed E-state index contributed by atoms with van der Waals surface area (Å²) in [6, 6.07) is 4.92. The summed E-state index contributed by atoms with van der Waals surface area (Å²) in [7, 11) is 0. The SMILES string of the molecule is Cl.O=C(COc1cc(Cl)ccc1Cl)NCC1CCCNC1. The van der Waals surface area contributed by atoms with E-state index >= 15 is 0 Å². The second-order valence-corrected chi connectivity index (χ2v) is 5.72. The highest BCUT2D eigenvalue weighted by molar-refractivity contribution is 6.34. The number of halogens is 3. The third-order valence-corrected chi connectivity index (χ3v) is 3.79. The van der Waals surface area contributed by atoms with Gasteiger partial charge in [0.1, 0.15) is 5.75 Å². The monoisotopic (exact) mass is 352 g/mol. The molecule has 21 heavy (non-hydrogen) atoms. The van der Waals surface area contributed by atoms with Gasteiger partial charge in [-0.2, -0.15) is 0 Å². The molecule has 1 unspecified atom stereocenters. The summed E-state index contributed by atoms with van der Waals surface area (Å²) in [5.41, 5.74) is 0. The fraction of sp³-hybridized carbons (Fsp3) is 0.500. The number of piperidine rings is 1. The molecule has 1 amide bonds. The van der Waals surface area contributed by atoms with Gasteiger partial charge < -0.3 is 15.4 Å². The molecule has 1 heterocycles. The minimum atomic E-state index is -0.147. The molecule has 0 spiro atoms. The Hall–Kier alpha value is -0.680. The molecule has 0 radical (unpaired) electrons. The van der Waals surface area contributed by atoms with Crippen LogP contribution in [0, 0.1) is 5.92 Å². The normalized spacial score (nSPS) is 17.7. The molecule has 0 saturated carbocycles. The van der Waals surface area contributed by atoms with Crippen LogP contribution in [-0.2, 0) is 4.79 Å². The maximum absolute atomic E-state index is 11.7. The molecule has 2 rings (SSSR count). The second kappa shape index (κ2) is 9.36. The van der Waals surface area contributed by atoms with Gasteiger partial charge in [0.2, 0.25) is 0 Å². The van der Waals surface area contributed by atoms with Gasteiger partial charge in [0.05, 0.1) is 5.02 Å². The van der Waals surface area contributed by atoms with Gasteiger partial charge in [-0.15, -0.1) is 12.4 Å². The van der Waals surface area contributed by atoms with Crippen molar-refractivity contribution in [3.63, 3.8) is 0 Å². The highest BCUT2D eigenvalue weighted by Gasteiger charge is 2.14. The van der Waals surface area contributed by atoms with Crippen LogP contribution < -0.4 is 15.4 Å². The summed E-state index contributed by atoms with van der Waals surface area (Å²) < 4.78 is 5.38. The molecule has 0 aliphatic carbocycles. The number of carbonyl (C=O) groups is 1. The third-order valence-electron chi connectivity index (χ3n) is 3.24. The number of benzene rings is 1. The van der Waals surface area contributed by atoms with E-state index in [2.05, 4.69) is 10.6 Å². The molecule has 1 fully saturated rings. The Bertz CT molecular complexity index is 466. The highest BCUT2D eigenvalue weighted by atomic mass is 35.5. The lowest BCUT2D eigenvalue weighted by Crippen LogP contribution is -2.39. The van der Waals surface area contributed by atoms with Crippen LogP contribution in [-0.4, -0.2) is 32.1 Å². The maximum atomic E-state index is 11.7. The van der Waals surface area contributed by atoms with Crippen LogP contribution in [0.4, 0.5) is 0 Å². The Balaban J connectivity index is 0.00000220. The van der Waals surface area contributed by atoms with Gasteiger partial charge in [-0.1, -0.05) is 23.2 Å². The summed E-state index contributed by atoms with van der Waals surface area (Å²) in [6.07, 6.45) is 2.31. The smallest absolute Gasteiger partial charge is 0.257 e. The molecular formula is C14H19Cl3N2O2. The van der Waals surface area contributed by atoms with Crippen molar-refractivity contribution < 1.29 is 9.53 Å². The number of nitrogens with one attached hydrogen (secondary N) is 2. The van der Waals surface area contributed by atoms with Crippen molar-refractivity contribution in [3.05, 3.63) is 28.2 Å². The Morgan fingerprint density at radius 2 is 2.24 bits per heavy atom. The molecule has 2 N–H and O–H groups in total. The van der Waals surface area contributed by atoms with Crippen molar-refractivity contribution in [3.8, 4) is 5.75 Å². The van der Waals surface area contributed by atoms with Crippen molar-refractivity contribution in [2.24, 2.45) is 5.92 Å². The molecular weight excluding hydrogens is 335 g/mol. The van der Waals surface area contributed by atoms with Crippen LogP contribution in [0.15, 0.2) is 18.2 Å². The minimum absolute atomic E-state index is 0. The first-order valence-corrected chi connectivity index (χ1v) is 7.46. The first-order chi connectivity index (χ1) is 9.65. The molecule has 0 bridgehead atoms. The number of amides is 1. The number of hydrogen-bond donors (Lipinski definition) is 2. The van der Waals surface area contributed by atoms with Crippen molar-refractivity contribution in [1.82, 2.24) is 10.6 Å². The van der Waals surface area contributed by atoms with E-state index in [9.17, 15) is 4.79 Å². The average molecular weight is 354 g/mol. The van der Waals surface area contributed by atoms with Crippen molar-refractivity contribution >= 4 is 41.5 Å². The van der Waals surface area contributed by atoms with Crippen LogP contribution in [0.1, 0.15) is 12.8 Å². The van der Waals surface area contributed by atoms with E-state index in [1.807, 2.05) is 0 Å². The fourth-order valence-corrected chi connectivity index (χ4v) is 2.47. The number of rotatable bonds is 5. The standard InChI is InChI=1S/C14H18Cl2N2O2.ClH/c15-11-3-4-12(16)13(6-11)20-9-14(19)18-8-10-2-1-5-17-7-10;/h3-4,6,10,17H,1-2,5,7-9H2,(H,18,19);1H. The molecule has 0 aromatic heterocycles. The summed E-state index contributed by atoms with van der Waals surface area (Å²) in [4.78, 5) is 11.7. The van der Waals surface area contributed by atoms with Crippen LogP contribution in [0.5, 0.6) is 5.75 Å². The van der Waals surface area contributed by atoms with Crippen molar-refractivity contribution in [2.45, 2.75) is 12.8 Å². The molecule has 1 aliphatic heterocycles. The Kier molecular flexibility index (Phi) is 8.19. The van der Waals surface area contributed by atoms with Gasteiger partial charge in [0.25, 0.3) is 5.91 Å². The highest BCUT2D eigenvalue weighted by Crippen LogP contribution is 2.27. The van der Waals surface area contributed by atoms with E-state index in [0.717, 1.165) is 25.9 Å². The van der Waals surface area contributed by atoms with E-state index in [-0.39, 0.29) is 24.9 Å². The third kappa shape index (κ3) is 6.30. The lowest BCUT2D eigenvalue weighted by atomic mass is 10.00.